The van der Waals surface area contributed by atoms with E-state index in [0.717, 1.165) is 32.2 Å². The van der Waals surface area contributed by atoms with Gasteiger partial charge in [0.15, 0.2) is 5.13 Å². The highest BCUT2D eigenvalue weighted by molar-refractivity contribution is 7.22. The molecule has 172 valence electrons. The van der Waals surface area contributed by atoms with E-state index in [9.17, 15) is 13.2 Å². The van der Waals surface area contributed by atoms with Gasteiger partial charge in [-0.05, 0) is 23.8 Å². The molecule has 1 aromatic carbocycles. The molecule has 3 aromatic heterocycles. The van der Waals surface area contributed by atoms with Crippen molar-refractivity contribution in [2.45, 2.75) is 12.6 Å². The van der Waals surface area contributed by atoms with E-state index in [1.807, 2.05) is 35.4 Å². The zero-order valence-electron chi connectivity index (χ0n) is 17.6. The molecule has 0 bridgehead atoms. The number of nitrogens with zero attached hydrogens (tertiary/aromatic N) is 5. The average molecular weight is 474 g/mol. The number of rotatable bonds is 6. The summed E-state index contributed by atoms with van der Waals surface area (Å²) < 4.78 is 38.5. The fourth-order valence-electron chi connectivity index (χ4n) is 3.87. The fraction of sp³-hybridized carbons (Fsp3) is 0.318. The summed E-state index contributed by atoms with van der Waals surface area (Å²) in [4.78, 5) is 13.1. The second-order valence-corrected chi connectivity index (χ2v) is 8.94. The molecule has 2 N–H and O–H groups in total. The number of anilines is 3. The smallest absolute Gasteiger partial charge is 0.369 e. The molecule has 0 aliphatic carbocycles. The molecule has 11 heteroatoms. The Labute approximate surface area is 192 Å². The number of piperazine rings is 1. The van der Waals surface area contributed by atoms with Crippen LogP contribution in [-0.4, -0.2) is 64.0 Å². The summed E-state index contributed by atoms with van der Waals surface area (Å²) in [6, 6.07) is 9.97. The molecule has 33 heavy (non-hydrogen) atoms. The standard InChI is InChI=1S/C22H22F3N7S/c23-22(24,25)4-6-31-7-9-32(10-8-31)17-3-5-26-20(12-17)30-21-29-18-2-1-15(11-19(18)33-21)16-13-27-28-14-16/h1-3,5,11-14H,4,6-10H2,(H,27,28)(H,26,29,30). The van der Waals surface area contributed by atoms with Crippen molar-refractivity contribution in [2.24, 2.45) is 0 Å². The number of hydrogen-bond donors (Lipinski definition) is 2. The van der Waals surface area contributed by atoms with Gasteiger partial charge in [0.2, 0.25) is 0 Å². The molecule has 0 unspecified atom stereocenters. The van der Waals surface area contributed by atoms with Crippen LogP contribution in [0.1, 0.15) is 6.42 Å². The van der Waals surface area contributed by atoms with E-state index < -0.39 is 12.6 Å². The zero-order valence-corrected chi connectivity index (χ0v) is 18.5. The first-order valence-electron chi connectivity index (χ1n) is 10.6. The number of nitrogens with one attached hydrogen (secondary N) is 2. The topological polar surface area (TPSA) is 73.0 Å². The predicted molar refractivity (Wildman–Crippen MR) is 124 cm³/mol. The fourth-order valence-corrected chi connectivity index (χ4v) is 4.79. The predicted octanol–water partition coefficient (Wildman–Crippen LogP) is 4.90. The molecule has 0 radical (unpaired) electrons. The van der Waals surface area contributed by atoms with Crippen LogP contribution in [0.2, 0.25) is 0 Å². The van der Waals surface area contributed by atoms with Crippen LogP contribution >= 0.6 is 11.3 Å². The molecule has 0 spiro atoms. The molecular weight excluding hydrogens is 451 g/mol. The highest BCUT2D eigenvalue weighted by Gasteiger charge is 2.28. The van der Waals surface area contributed by atoms with Crippen LogP contribution in [0.25, 0.3) is 21.3 Å². The highest BCUT2D eigenvalue weighted by atomic mass is 32.1. The van der Waals surface area contributed by atoms with Crippen LogP contribution in [0.5, 0.6) is 0 Å². The summed E-state index contributed by atoms with van der Waals surface area (Å²) in [5.74, 6) is 0.682. The minimum Gasteiger partial charge on any atom is -0.369 e. The number of alkyl halides is 3. The van der Waals surface area contributed by atoms with E-state index in [1.54, 1.807) is 23.7 Å². The summed E-state index contributed by atoms with van der Waals surface area (Å²) in [6.45, 7) is 2.63. The van der Waals surface area contributed by atoms with Gasteiger partial charge in [-0.2, -0.15) is 18.3 Å². The molecule has 4 heterocycles. The lowest BCUT2D eigenvalue weighted by Crippen LogP contribution is -2.47. The van der Waals surface area contributed by atoms with Crippen molar-refractivity contribution in [1.29, 1.82) is 0 Å². The number of aromatic nitrogens is 4. The average Bonchev–Trinajstić information content (AvgIpc) is 3.47. The number of thiazole rings is 1. The lowest BCUT2D eigenvalue weighted by atomic mass is 10.1. The third kappa shape index (κ3) is 5.25. The van der Waals surface area contributed by atoms with Crippen LogP contribution in [0.3, 0.4) is 0 Å². The number of hydrogen-bond acceptors (Lipinski definition) is 7. The quantitative estimate of drug-likeness (QED) is 0.415. The van der Waals surface area contributed by atoms with E-state index in [0.29, 0.717) is 32.0 Å². The van der Waals surface area contributed by atoms with Gasteiger partial charge in [0.05, 0.1) is 22.8 Å². The van der Waals surface area contributed by atoms with Crippen LogP contribution in [0, 0.1) is 0 Å². The van der Waals surface area contributed by atoms with E-state index in [4.69, 9.17) is 0 Å². The van der Waals surface area contributed by atoms with E-state index in [2.05, 4.69) is 36.4 Å². The molecule has 1 aliphatic heterocycles. The monoisotopic (exact) mass is 473 g/mol. The second kappa shape index (κ2) is 8.99. The summed E-state index contributed by atoms with van der Waals surface area (Å²) in [5.41, 5.74) is 3.99. The summed E-state index contributed by atoms with van der Waals surface area (Å²) in [6.07, 6.45) is 0.504. The summed E-state index contributed by atoms with van der Waals surface area (Å²) >= 11 is 1.55. The largest absolute Gasteiger partial charge is 0.390 e. The van der Waals surface area contributed by atoms with Gasteiger partial charge in [-0.25, -0.2) is 9.97 Å². The Morgan fingerprint density at radius 2 is 1.91 bits per heavy atom. The zero-order chi connectivity index (χ0) is 22.8. The Morgan fingerprint density at radius 1 is 1.06 bits per heavy atom. The van der Waals surface area contributed by atoms with Crippen molar-refractivity contribution in [3.05, 3.63) is 48.9 Å². The molecule has 0 atom stereocenters. The van der Waals surface area contributed by atoms with Crippen LogP contribution < -0.4 is 10.2 Å². The third-order valence-electron chi connectivity index (χ3n) is 5.65. The molecule has 0 amide bonds. The lowest BCUT2D eigenvalue weighted by molar-refractivity contribution is -0.138. The number of benzene rings is 1. The number of H-pyrrole nitrogens is 1. The number of halogens is 3. The molecule has 5 rings (SSSR count). The van der Waals surface area contributed by atoms with Gasteiger partial charge in [0, 0.05) is 62.4 Å². The lowest BCUT2D eigenvalue weighted by Gasteiger charge is -2.36. The SMILES string of the molecule is FC(F)(F)CCN1CCN(c2ccnc(Nc3nc4ccc(-c5cn[nH]c5)cc4s3)c2)CC1. The Bertz CT molecular complexity index is 1210. The molecule has 0 saturated carbocycles. The molecule has 1 fully saturated rings. The Hall–Kier alpha value is -3.18. The van der Waals surface area contributed by atoms with E-state index in [-0.39, 0.29) is 6.54 Å². The van der Waals surface area contributed by atoms with Crippen LogP contribution in [-0.2, 0) is 0 Å². The second-order valence-electron chi connectivity index (χ2n) is 7.91. The van der Waals surface area contributed by atoms with Crippen molar-refractivity contribution in [3.63, 3.8) is 0 Å². The first-order valence-corrected chi connectivity index (χ1v) is 11.4. The van der Waals surface area contributed by atoms with Gasteiger partial charge < -0.3 is 10.2 Å². The first kappa shape index (κ1) is 21.7. The van der Waals surface area contributed by atoms with Crippen molar-refractivity contribution in [3.8, 4) is 11.1 Å². The van der Waals surface area contributed by atoms with Gasteiger partial charge in [-0.1, -0.05) is 17.4 Å². The van der Waals surface area contributed by atoms with Gasteiger partial charge in [0.25, 0.3) is 0 Å². The number of fused-ring (bicyclic) bond motifs is 1. The maximum absolute atomic E-state index is 12.5. The Morgan fingerprint density at radius 3 is 2.67 bits per heavy atom. The van der Waals surface area contributed by atoms with E-state index in [1.165, 1.54) is 0 Å². The van der Waals surface area contributed by atoms with Crippen molar-refractivity contribution in [2.75, 3.05) is 42.9 Å². The van der Waals surface area contributed by atoms with Crippen LogP contribution in [0.4, 0.5) is 29.8 Å². The molecule has 7 nitrogen and oxygen atoms in total. The van der Waals surface area contributed by atoms with Crippen molar-refractivity contribution < 1.29 is 13.2 Å². The molecule has 1 saturated heterocycles. The highest BCUT2D eigenvalue weighted by Crippen LogP contribution is 2.32. The molecular formula is C22H22F3N7S. The molecule has 4 aromatic rings. The number of aromatic amines is 1. The molecule has 1 aliphatic rings. The normalized spacial score (nSPS) is 15.3. The van der Waals surface area contributed by atoms with Gasteiger partial charge in [-0.15, -0.1) is 0 Å². The maximum atomic E-state index is 12.5. The Balaban J connectivity index is 1.24. The summed E-state index contributed by atoms with van der Waals surface area (Å²) in [5, 5.41) is 10.9. The third-order valence-corrected chi connectivity index (χ3v) is 6.58. The van der Waals surface area contributed by atoms with Gasteiger partial charge in [-0.3, -0.25) is 10.00 Å². The van der Waals surface area contributed by atoms with Gasteiger partial charge >= 0.3 is 6.18 Å². The first-order chi connectivity index (χ1) is 15.9. The van der Waals surface area contributed by atoms with E-state index >= 15 is 0 Å². The summed E-state index contributed by atoms with van der Waals surface area (Å²) in [7, 11) is 0. The minimum absolute atomic E-state index is 0.0560. The number of pyridine rings is 1. The Kier molecular flexibility index (Phi) is 5.90. The van der Waals surface area contributed by atoms with Crippen molar-refractivity contribution in [1.82, 2.24) is 25.1 Å². The van der Waals surface area contributed by atoms with Crippen LogP contribution in [0.15, 0.2) is 48.9 Å². The maximum Gasteiger partial charge on any atom is 0.390 e. The minimum atomic E-state index is -4.11. The van der Waals surface area contributed by atoms with Crippen molar-refractivity contribution >= 4 is 38.2 Å². The van der Waals surface area contributed by atoms with Gasteiger partial charge in [0.1, 0.15) is 5.82 Å².